The van der Waals surface area contributed by atoms with Gasteiger partial charge in [0.2, 0.25) is 0 Å². The second kappa shape index (κ2) is 4.03. The normalized spacial score (nSPS) is 17.1. The minimum Gasteiger partial charge on any atom is -0.344 e. The molecule has 4 rings (SSSR count). The number of benzene rings is 2. The van der Waals surface area contributed by atoms with Crippen LogP contribution in [0.25, 0.3) is 10.9 Å². The highest BCUT2D eigenvalue weighted by Crippen LogP contribution is 2.50. The Morgan fingerprint density at radius 3 is 2.50 bits per heavy atom. The average molecular weight is 283 g/mol. The third-order valence-electron chi connectivity index (χ3n) is 4.27. The van der Waals surface area contributed by atoms with Crippen molar-refractivity contribution in [3.8, 4) is 0 Å². The number of anilines is 2. The summed E-state index contributed by atoms with van der Waals surface area (Å²) in [5.41, 5.74) is 5.99. The first-order chi connectivity index (χ1) is 9.70. The molecule has 1 aliphatic heterocycles. The lowest BCUT2D eigenvalue weighted by molar-refractivity contribution is 0.849. The predicted octanol–water partition coefficient (Wildman–Crippen LogP) is 4.59. The van der Waals surface area contributed by atoms with Gasteiger partial charge in [-0.3, -0.25) is 0 Å². The second-order valence-electron chi connectivity index (χ2n) is 5.29. The number of aromatic nitrogens is 1. The van der Waals surface area contributed by atoms with Crippen molar-refractivity contribution >= 4 is 33.9 Å². The molecule has 2 nitrogen and oxygen atoms in total. The minimum absolute atomic E-state index is 0.102. The molecule has 1 atom stereocenters. The molecule has 0 spiro atoms. The Kier molecular flexibility index (Phi) is 2.39. The largest absolute Gasteiger partial charge is 0.344 e. The van der Waals surface area contributed by atoms with Crippen molar-refractivity contribution in [3.63, 3.8) is 0 Å². The van der Waals surface area contributed by atoms with E-state index in [-0.39, 0.29) is 5.38 Å². The standard InChI is InChI=1S/C17H15ClN2/c1-19-13-9-5-3-7-11(13)15(18)17-16(19)12-8-4-6-10-14(12)20(17)2/h3-10,15H,1-2H3. The highest BCUT2D eigenvalue weighted by Gasteiger charge is 2.32. The SMILES string of the molecule is CN1c2ccccc2C(Cl)c2c1c1ccccc1n2C. The van der Waals surface area contributed by atoms with Crippen LogP contribution in [-0.4, -0.2) is 11.6 Å². The van der Waals surface area contributed by atoms with E-state index in [4.69, 9.17) is 11.6 Å². The summed E-state index contributed by atoms with van der Waals surface area (Å²) in [4.78, 5) is 2.26. The number of aryl methyl sites for hydroxylation is 1. The van der Waals surface area contributed by atoms with Crippen LogP contribution in [0.3, 0.4) is 0 Å². The van der Waals surface area contributed by atoms with Crippen LogP contribution in [0.5, 0.6) is 0 Å². The second-order valence-corrected chi connectivity index (χ2v) is 5.73. The van der Waals surface area contributed by atoms with Crippen LogP contribution in [0.4, 0.5) is 11.4 Å². The Labute approximate surface area is 123 Å². The lowest BCUT2D eigenvalue weighted by Crippen LogP contribution is -2.20. The quantitative estimate of drug-likeness (QED) is 0.548. The monoisotopic (exact) mass is 282 g/mol. The Morgan fingerprint density at radius 1 is 0.950 bits per heavy atom. The Bertz CT molecular complexity index is 819. The third kappa shape index (κ3) is 1.35. The fourth-order valence-electron chi connectivity index (χ4n) is 3.31. The molecule has 0 fully saturated rings. The molecule has 1 aliphatic rings. The molecule has 3 aromatic rings. The van der Waals surface area contributed by atoms with Gasteiger partial charge in [-0.05, 0) is 17.7 Å². The minimum atomic E-state index is -0.102. The molecule has 0 N–H and O–H groups in total. The maximum atomic E-state index is 6.77. The number of halogens is 1. The van der Waals surface area contributed by atoms with Gasteiger partial charge in [0.25, 0.3) is 0 Å². The van der Waals surface area contributed by atoms with Gasteiger partial charge in [-0.25, -0.2) is 0 Å². The first kappa shape index (κ1) is 11.9. The van der Waals surface area contributed by atoms with Crippen molar-refractivity contribution in [2.45, 2.75) is 5.38 Å². The van der Waals surface area contributed by atoms with Gasteiger partial charge in [-0.2, -0.15) is 0 Å². The molecule has 0 aliphatic carbocycles. The zero-order chi connectivity index (χ0) is 13.9. The molecule has 100 valence electrons. The van der Waals surface area contributed by atoms with E-state index in [1.807, 2.05) is 0 Å². The first-order valence-electron chi connectivity index (χ1n) is 6.74. The van der Waals surface area contributed by atoms with Crippen LogP contribution < -0.4 is 4.90 Å². The van der Waals surface area contributed by atoms with Crippen LogP contribution in [0.15, 0.2) is 48.5 Å². The van der Waals surface area contributed by atoms with Crippen molar-refractivity contribution in [2.24, 2.45) is 7.05 Å². The van der Waals surface area contributed by atoms with Gasteiger partial charge in [0.05, 0.1) is 16.9 Å². The predicted molar refractivity (Wildman–Crippen MR) is 85.1 cm³/mol. The summed E-state index contributed by atoms with van der Waals surface area (Å²) in [5, 5.41) is 1.16. The van der Waals surface area contributed by atoms with Gasteiger partial charge in [0.15, 0.2) is 0 Å². The summed E-state index contributed by atoms with van der Waals surface area (Å²) in [5.74, 6) is 0. The van der Waals surface area contributed by atoms with Gasteiger partial charge >= 0.3 is 0 Å². The Balaban J connectivity index is 2.12. The van der Waals surface area contributed by atoms with E-state index in [1.165, 1.54) is 33.5 Å². The molecule has 0 bridgehead atoms. The molecule has 0 radical (unpaired) electrons. The number of hydrogen-bond acceptors (Lipinski definition) is 1. The number of fused-ring (bicyclic) bond motifs is 4. The number of alkyl halides is 1. The summed E-state index contributed by atoms with van der Waals surface area (Å²) >= 11 is 6.77. The van der Waals surface area contributed by atoms with E-state index < -0.39 is 0 Å². The van der Waals surface area contributed by atoms with E-state index in [1.54, 1.807) is 0 Å². The molecule has 1 aromatic heterocycles. The number of hydrogen-bond donors (Lipinski definition) is 0. The highest BCUT2D eigenvalue weighted by molar-refractivity contribution is 6.25. The Morgan fingerprint density at radius 2 is 1.65 bits per heavy atom. The van der Waals surface area contributed by atoms with Gasteiger partial charge in [-0.15, -0.1) is 11.6 Å². The van der Waals surface area contributed by atoms with Crippen molar-refractivity contribution in [3.05, 3.63) is 59.8 Å². The van der Waals surface area contributed by atoms with E-state index in [0.29, 0.717) is 0 Å². The summed E-state index contributed by atoms with van der Waals surface area (Å²) in [7, 11) is 4.21. The maximum Gasteiger partial charge on any atom is 0.103 e. The fourth-order valence-corrected chi connectivity index (χ4v) is 3.74. The first-order valence-corrected chi connectivity index (χ1v) is 7.18. The third-order valence-corrected chi connectivity index (χ3v) is 4.71. The summed E-state index contributed by atoms with van der Waals surface area (Å²) in [6.07, 6.45) is 0. The van der Waals surface area contributed by atoms with Crippen molar-refractivity contribution in [2.75, 3.05) is 11.9 Å². The molecule has 3 heteroatoms. The van der Waals surface area contributed by atoms with E-state index in [2.05, 4.69) is 72.1 Å². The number of rotatable bonds is 0. The van der Waals surface area contributed by atoms with Gasteiger partial charge < -0.3 is 9.47 Å². The number of nitrogens with zero attached hydrogens (tertiary/aromatic N) is 2. The van der Waals surface area contributed by atoms with Crippen LogP contribution in [0, 0.1) is 0 Å². The molecule has 20 heavy (non-hydrogen) atoms. The van der Waals surface area contributed by atoms with Crippen LogP contribution in [0.2, 0.25) is 0 Å². The van der Waals surface area contributed by atoms with Gasteiger partial charge in [0, 0.05) is 25.2 Å². The van der Waals surface area contributed by atoms with Crippen LogP contribution >= 0.6 is 11.6 Å². The fraction of sp³-hybridized carbons (Fsp3) is 0.176. The summed E-state index contributed by atoms with van der Waals surface area (Å²) in [6, 6.07) is 16.8. The van der Waals surface area contributed by atoms with Crippen molar-refractivity contribution in [1.82, 2.24) is 4.57 Å². The highest BCUT2D eigenvalue weighted by atomic mass is 35.5. The van der Waals surface area contributed by atoms with Gasteiger partial charge in [0.1, 0.15) is 5.38 Å². The summed E-state index contributed by atoms with van der Waals surface area (Å²) in [6.45, 7) is 0. The topological polar surface area (TPSA) is 8.17 Å². The lowest BCUT2D eigenvalue weighted by atomic mass is 9.99. The van der Waals surface area contributed by atoms with Crippen molar-refractivity contribution in [1.29, 1.82) is 0 Å². The maximum absolute atomic E-state index is 6.77. The molecule has 1 unspecified atom stereocenters. The molecule has 0 saturated carbocycles. The van der Waals surface area contributed by atoms with Crippen molar-refractivity contribution < 1.29 is 0 Å². The van der Waals surface area contributed by atoms with E-state index in [0.717, 1.165) is 0 Å². The van der Waals surface area contributed by atoms with E-state index >= 15 is 0 Å². The molecular weight excluding hydrogens is 268 g/mol. The van der Waals surface area contributed by atoms with Crippen LogP contribution in [-0.2, 0) is 7.05 Å². The zero-order valence-corrected chi connectivity index (χ0v) is 12.2. The summed E-state index contributed by atoms with van der Waals surface area (Å²) < 4.78 is 2.22. The smallest absolute Gasteiger partial charge is 0.103 e. The Hall–Kier alpha value is -1.93. The zero-order valence-electron chi connectivity index (χ0n) is 11.5. The average Bonchev–Trinajstić information content (AvgIpc) is 2.79. The number of para-hydroxylation sites is 2. The molecule has 2 heterocycles. The molecular formula is C17H15ClN2. The van der Waals surface area contributed by atoms with E-state index in [9.17, 15) is 0 Å². The van der Waals surface area contributed by atoms with Gasteiger partial charge in [-0.1, -0.05) is 36.4 Å². The van der Waals surface area contributed by atoms with Crippen LogP contribution in [0.1, 0.15) is 16.6 Å². The molecule has 2 aromatic carbocycles. The molecule has 0 amide bonds. The lowest BCUT2D eigenvalue weighted by Gasteiger charge is -2.31. The molecule has 0 saturated heterocycles.